The van der Waals surface area contributed by atoms with E-state index in [1.165, 1.54) is 12.0 Å². The maximum Gasteiger partial charge on any atom is 0.246 e. The molecule has 6 rings (SSSR count). The Balaban J connectivity index is 1.21. The third-order valence-corrected chi connectivity index (χ3v) is 9.47. The van der Waals surface area contributed by atoms with E-state index in [0.29, 0.717) is 23.7 Å². The van der Waals surface area contributed by atoms with Gasteiger partial charge in [-0.2, -0.15) is 0 Å². The van der Waals surface area contributed by atoms with Crippen molar-refractivity contribution in [1.82, 2.24) is 15.1 Å². The van der Waals surface area contributed by atoms with Crippen molar-refractivity contribution >= 4 is 35.0 Å². The summed E-state index contributed by atoms with van der Waals surface area (Å²) in [7, 11) is 2.06. The van der Waals surface area contributed by atoms with E-state index in [2.05, 4.69) is 34.7 Å². The van der Waals surface area contributed by atoms with Gasteiger partial charge in [0.1, 0.15) is 11.6 Å². The van der Waals surface area contributed by atoms with Crippen LogP contribution in [0.5, 0.6) is 0 Å². The van der Waals surface area contributed by atoms with Gasteiger partial charge in [0.15, 0.2) is 0 Å². The number of rotatable bonds is 10. The maximum atomic E-state index is 14.2. The normalized spacial score (nSPS) is 28.4. The largest absolute Gasteiger partial charge is 0.359 e. The number of benzene rings is 2. The number of halogens is 1. The van der Waals surface area contributed by atoms with Crippen LogP contribution in [-0.2, 0) is 25.7 Å². The second-order valence-electron chi connectivity index (χ2n) is 12.1. The first-order valence-corrected chi connectivity index (χ1v) is 15.5. The minimum Gasteiger partial charge on any atom is -0.359 e. The Morgan fingerprint density at radius 2 is 1.79 bits per heavy atom. The zero-order chi connectivity index (χ0) is 29.3. The van der Waals surface area contributed by atoms with Crippen molar-refractivity contribution in [2.24, 2.45) is 11.8 Å². The van der Waals surface area contributed by atoms with Crippen molar-refractivity contribution in [2.45, 2.75) is 68.9 Å². The van der Waals surface area contributed by atoms with Crippen molar-refractivity contribution < 1.29 is 19.1 Å². The van der Waals surface area contributed by atoms with Gasteiger partial charge in [-0.15, -0.1) is 0 Å². The summed E-state index contributed by atoms with van der Waals surface area (Å²) in [6.45, 7) is 1.97. The summed E-state index contributed by atoms with van der Waals surface area (Å²) in [5.41, 5.74) is 0.666. The van der Waals surface area contributed by atoms with Gasteiger partial charge in [-0.3, -0.25) is 14.4 Å². The summed E-state index contributed by atoms with van der Waals surface area (Å²) in [5, 5.41) is 6.77. The third-order valence-electron chi connectivity index (χ3n) is 9.22. The molecule has 3 fully saturated rings. The summed E-state index contributed by atoms with van der Waals surface area (Å²) in [4.78, 5) is 45.7. The second kappa shape index (κ2) is 12.2. The van der Waals surface area contributed by atoms with Gasteiger partial charge in [-0.05, 0) is 62.7 Å². The molecule has 1 saturated carbocycles. The molecule has 0 unspecified atom stereocenters. The first-order valence-electron chi connectivity index (χ1n) is 15.1. The van der Waals surface area contributed by atoms with Crippen LogP contribution in [0.4, 0.5) is 5.69 Å². The number of likely N-dealkylation sites (tertiary alicyclic amines) is 1. The zero-order valence-corrected chi connectivity index (χ0v) is 24.8. The van der Waals surface area contributed by atoms with Crippen molar-refractivity contribution in [3.8, 4) is 0 Å². The molecule has 9 heteroatoms. The molecular weight excluding hydrogens is 552 g/mol. The second-order valence-corrected chi connectivity index (χ2v) is 12.6. The fourth-order valence-electron chi connectivity index (χ4n) is 7.28. The lowest BCUT2D eigenvalue weighted by molar-refractivity contribution is -0.141. The monoisotopic (exact) mass is 590 g/mol. The fraction of sp³-hybridized carbons (Fsp3) is 0.485. The molecule has 3 amide bonds. The topological polar surface area (TPSA) is 91.0 Å². The molecule has 2 aromatic carbocycles. The average Bonchev–Trinajstić information content (AvgIpc) is 3.63. The highest BCUT2D eigenvalue weighted by Gasteiger charge is 2.72. The van der Waals surface area contributed by atoms with Gasteiger partial charge in [-0.25, -0.2) is 0 Å². The smallest absolute Gasteiger partial charge is 0.246 e. The van der Waals surface area contributed by atoms with Crippen molar-refractivity contribution in [3.05, 3.63) is 77.3 Å². The summed E-state index contributed by atoms with van der Waals surface area (Å²) in [5.74, 6) is -2.15. The van der Waals surface area contributed by atoms with Gasteiger partial charge < -0.3 is 25.2 Å². The molecule has 2 aromatic rings. The van der Waals surface area contributed by atoms with E-state index in [1.807, 2.05) is 30.4 Å². The minimum atomic E-state index is -1.15. The highest BCUT2D eigenvalue weighted by Crippen LogP contribution is 2.55. The molecule has 0 aromatic heterocycles. The first-order chi connectivity index (χ1) is 20.4. The Morgan fingerprint density at radius 1 is 1.05 bits per heavy atom. The number of nitrogens with zero attached hydrogens (tertiary/aromatic N) is 2. The average molecular weight is 591 g/mol. The molecule has 5 atom stereocenters. The number of amides is 3. The maximum absolute atomic E-state index is 14.2. The van der Waals surface area contributed by atoms with Gasteiger partial charge in [0, 0.05) is 29.8 Å². The van der Waals surface area contributed by atoms with Crippen LogP contribution in [0.2, 0.25) is 5.02 Å². The van der Waals surface area contributed by atoms with E-state index in [0.717, 1.165) is 38.8 Å². The number of hydrogen-bond acceptors (Lipinski definition) is 5. The molecule has 1 aliphatic carbocycles. The summed E-state index contributed by atoms with van der Waals surface area (Å²) in [6, 6.07) is 16.4. The van der Waals surface area contributed by atoms with Gasteiger partial charge >= 0.3 is 0 Å². The number of carbonyl (C=O) groups is 3. The summed E-state index contributed by atoms with van der Waals surface area (Å²) in [6.07, 6.45) is 9.11. The van der Waals surface area contributed by atoms with Crippen LogP contribution in [-0.4, -0.2) is 71.4 Å². The predicted molar refractivity (Wildman–Crippen MR) is 162 cm³/mol. The summed E-state index contributed by atoms with van der Waals surface area (Å²) >= 11 is 6.02. The Kier molecular flexibility index (Phi) is 8.39. The minimum absolute atomic E-state index is 0.0993. The molecule has 3 aliphatic heterocycles. The van der Waals surface area contributed by atoms with Gasteiger partial charge in [0.2, 0.25) is 17.7 Å². The number of fused-ring (bicyclic) bond motifs is 1. The van der Waals surface area contributed by atoms with E-state index in [9.17, 15) is 14.4 Å². The predicted octanol–water partition coefficient (Wildman–Crippen LogP) is 4.40. The Bertz CT molecular complexity index is 1330. The van der Waals surface area contributed by atoms with Crippen LogP contribution in [0.3, 0.4) is 0 Å². The van der Waals surface area contributed by atoms with E-state index >= 15 is 0 Å². The van der Waals surface area contributed by atoms with E-state index in [4.69, 9.17) is 16.3 Å². The standard InChI is InChI=1S/C33H39ClN4O4/c1-37(21-22-9-4-2-5-10-22)19-8-20-38-29(31(40)36-24-11-6-3-7-12-24)33-18-17-26(42-33)27(28(33)32(38)41)30(39)35-25-15-13-23(34)14-16-25/h2,4-5,9-10,13-18,24,26-29H,3,6-8,11-12,19-21H2,1H3,(H,35,39)(H,36,40)/t26-,27-,28-,29+,33+/m1/s1. The highest BCUT2D eigenvalue weighted by atomic mass is 35.5. The fourth-order valence-corrected chi connectivity index (χ4v) is 7.40. The van der Waals surface area contributed by atoms with Crippen LogP contribution in [0.25, 0.3) is 0 Å². The Labute approximate surface area is 252 Å². The molecule has 0 radical (unpaired) electrons. The van der Waals surface area contributed by atoms with Gasteiger partial charge in [0.05, 0.1) is 17.9 Å². The molecule has 4 aliphatic rings. The van der Waals surface area contributed by atoms with Gasteiger partial charge in [-0.1, -0.05) is 73.3 Å². The van der Waals surface area contributed by atoms with E-state index in [-0.39, 0.29) is 23.8 Å². The number of ether oxygens (including phenoxy) is 1. The molecule has 222 valence electrons. The molecule has 42 heavy (non-hydrogen) atoms. The molecular formula is C33H39ClN4O4. The number of carbonyl (C=O) groups excluding carboxylic acids is 3. The molecule has 8 nitrogen and oxygen atoms in total. The number of hydrogen-bond donors (Lipinski definition) is 2. The van der Waals surface area contributed by atoms with E-state index < -0.39 is 29.6 Å². The number of anilines is 1. The molecule has 1 spiro atoms. The quantitative estimate of drug-likeness (QED) is 0.400. The van der Waals surface area contributed by atoms with Crippen molar-refractivity contribution in [2.75, 3.05) is 25.5 Å². The SMILES string of the molecule is CN(CCCN1C(=O)[C@H]2[C@H](C(=O)Nc3ccc(Cl)cc3)[C@H]3C=C[C@@]2(O3)[C@@H]1C(=O)NC1CCCCC1)Cc1ccccc1. The van der Waals surface area contributed by atoms with Crippen molar-refractivity contribution in [3.63, 3.8) is 0 Å². The summed E-state index contributed by atoms with van der Waals surface area (Å²) < 4.78 is 6.48. The lowest BCUT2D eigenvalue weighted by Gasteiger charge is -2.34. The zero-order valence-electron chi connectivity index (χ0n) is 24.0. The van der Waals surface area contributed by atoms with Crippen LogP contribution in [0.1, 0.15) is 44.1 Å². The Morgan fingerprint density at radius 3 is 2.52 bits per heavy atom. The molecule has 2 bridgehead atoms. The molecule has 2 saturated heterocycles. The van der Waals surface area contributed by atoms with Crippen LogP contribution < -0.4 is 10.6 Å². The Hall–Kier alpha value is -3.20. The third kappa shape index (κ3) is 5.60. The van der Waals surface area contributed by atoms with Crippen molar-refractivity contribution in [1.29, 1.82) is 0 Å². The molecule has 2 N–H and O–H groups in total. The van der Waals surface area contributed by atoms with Crippen LogP contribution in [0.15, 0.2) is 66.7 Å². The van der Waals surface area contributed by atoms with Crippen LogP contribution >= 0.6 is 11.6 Å². The highest BCUT2D eigenvalue weighted by molar-refractivity contribution is 6.30. The first kappa shape index (κ1) is 28.9. The van der Waals surface area contributed by atoms with Gasteiger partial charge in [0.25, 0.3) is 0 Å². The lowest BCUT2D eigenvalue weighted by atomic mass is 9.74. The van der Waals surface area contributed by atoms with E-state index in [1.54, 1.807) is 29.2 Å². The van der Waals surface area contributed by atoms with Crippen LogP contribution in [0, 0.1) is 11.8 Å². The number of nitrogens with one attached hydrogen (secondary N) is 2. The lowest BCUT2D eigenvalue weighted by Crippen LogP contribution is -2.56. The molecule has 3 heterocycles.